The minimum Gasteiger partial charge on any atom is -0.493 e. The number of hydrogen-bond donors (Lipinski definition) is 2. The van der Waals surface area contributed by atoms with E-state index in [2.05, 4.69) is 10.3 Å². The highest BCUT2D eigenvalue weighted by Crippen LogP contribution is 2.26. The lowest BCUT2D eigenvalue weighted by Crippen LogP contribution is -2.21. The maximum Gasteiger partial charge on any atom is 0.254 e. The molecule has 3 N–H and O–H groups in total. The Kier molecular flexibility index (Phi) is 4.70. The van der Waals surface area contributed by atoms with Crippen molar-refractivity contribution in [2.24, 2.45) is 10.7 Å². The third-order valence-electron chi connectivity index (χ3n) is 3.66. The summed E-state index contributed by atoms with van der Waals surface area (Å²) < 4.78 is 11.1. The Bertz CT molecular complexity index is 1070. The molecule has 0 bridgehead atoms. The van der Waals surface area contributed by atoms with E-state index in [4.69, 9.17) is 14.9 Å². The first-order valence-electron chi connectivity index (χ1n) is 7.81. The monoisotopic (exact) mass is 351 g/mol. The van der Waals surface area contributed by atoms with Gasteiger partial charge in [0.15, 0.2) is 11.3 Å². The quantitative estimate of drug-likeness (QED) is 0.753. The smallest absolute Gasteiger partial charge is 0.254 e. The topological polar surface area (TPSA) is 107 Å². The molecule has 0 fully saturated rings. The van der Waals surface area contributed by atoms with Gasteiger partial charge in [-0.2, -0.15) is 0 Å². The molecule has 0 unspecified atom stereocenters. The van der Waals surface area contributed by atoms with Crippen LogP contribution in [0.1, 0.15) is 17.3 Å². The van der Waals surface area contributed by atoms with E-state index in [1.54, 1.807) is 48.5 Å². The van der Waals surface area contributed by atoms with Crippen molar-refractivity contribution in [3.05, 3.63) is 59.6 Å². The Labute approximate surface area is 149 Å². The lowest BCUT2D eigenvalue weighted by Gasteiger charge is -2.08. The van der Waals surface area contributed by atoms with Crippen LogP contribution in [-0.4, -0.2) is 18.9 Å². The number of anilines is 1. The molecule has 0 aliphatic rings. The summed E-state index contributed by atoms with van der Waals surface area (Å²) in [5, 5.41) is 3.35. The van der Waals surface area contributed by atoms with Crippen molar-refractivity contribution >= 4 is 34.2 Å². The lowest BCUT2D eigenvalue weighted by atomic mass is 10.1. The molecule has 0 aliphatic carbocycles. The van der Waals surface area contributed by atoms with Crippen molar-refractivity contribution in [3.8, 4) is 5.75 Å². The Balaban J connectivity index is 2.30. The largest absolute Gasteiger partial charge is 0.493 e. The highest BCUT2D eigenvalue weighted by molar-refractivity contribution is 5.96. The van der Waals surface area contributed by atoms with Gasteiger partial charge in [-0.05, 0) is 24.3 Å². The van der Waals surface area contributed by atoms with Crippen LogP contribution < -0.4 is 21.3 Å². The van der Waals surface area contributed by atoms with Gasteiger partial charge in [-0.1, -0.05) is 24.3 Å². The lowest BCUT2D eigenvalue weighted by molar-refractivity contribution is -0.114. The molecular formula is C19H17N3O4. The van der Waals surface area contributed by atoms with E-state index in [1.807, 2.05) is 0 Å². The minimum absolute atomic E-state index is 0.0345. The maximum atomic E-state index is 11.9. The van der Waals surface area contributed by atoms with Gasteiger partial charge in [0.2, 0.25) is 11.5 Å². The van der Waals surface area contributed by atoms with E-state index in [9.17, 15) is 9.59 Å². The summed E-state index contributed by atoms with van der Waals surface area (Å²) in [5.41, 5.74) is 7.02. The van der Waals surface area contributed by atoms with E-state index < -0.39 is 5.91 Å². The molecule has 0 radical (unpaired) electrons. The maximum absolute atomic E-state index is 11.9. The van der Waals surface area contributed by atoms with Crippen LogP contribution in [0.15, 0.2) is 57.9 Å². The van der Waals surface area contributed by atoms with Crippen molar-refractivity contribution in [2.45, 2.75) is 6.92 Å². The molecule has 7 heteroatoms. The van der Waals surface area contributed by atoms with Crippen molar-refractivity contribution < 1.29 is 18.7 Å². The van der Waals surface area contributed by atoms with E-state index in [-0.39, 0.29) is 17.0 Å². The number of primary amides is 1. The minimum atomic E-state index is -0.672. The van der Waals surface area contributed by atoms with Crippen molar-refractivity contribution in [1.29, 1.82) is 0 Å². The highest BCUT2D eigenvalue weighted by atomic mass is 16.5. The van der Waals surface area contributed by atoms with E-state index in [0.717, 1.165) is 0 Å². The molecule has 1 heterocycles. The Hall–Kier alpha value is -3.61. The van der Waals surface area contributed by atoms with Crippen molar-refractivity contribution in [1.82, 2.24) is 0 Å². The second-order valence-electron chi connectivity index (χ2n) is 5.52. The number of carbonyl (C=O) groups excluding carboxylic acids is 2. The number of nitrogens with zero attached hydrogens (tertiary/aromatic N) is 1. The molecule has 26 heavy (non-hydrogen) atoms. The number of fused-ring (bicyclic) bond motifs is 1. The van der Waals surface area contributed by atoms with Gasteiger partial charge < -0.3 is 20.2 Å². The number of amides is 2. The fraction of sp³-hybridized carbons (Fsp3) is 0.105. The first-order valence-corrected chi connectivity index (χ1v) is 7.81. The van der Waals surface area contributed by atoms with E-state index >= 15 is 0 Å². The van der Waals surface area contributed by atoms with Gasteiger partial charge in [-0.15, -0.1) is 0 Å². The molecule has 0 aliphatic heterocycles. The van der Waals surface area contributed by atoms with E-state index in [0.29, 0.717) is 28.1 Å². The molecule has 0 atom stereocenters. The van der Waals surface area contributed by atoms with Crippen LogP contribution >= 0.6 is 0 Å². The zero-order valence-corrected chi connectivity index (χ0v) is 14.3. The van der Waals surface area contributed by atoms with Crippen LogP contribution in [0.2, 0.25) is 0 Å². The fourth-order valence-corrected chi connectivity index (χ4v) is 2.52. The van der Waals surface area contributed by atoms with Gasteiger partial charge in [-0.3, -0.25) is 9.59 Å². The number of rotatable bonds is 4. The Morgan fingerprint density at radius 1 is 1.15 bits per heavy atom. The fourth-order valence-electron chi connectivity index (χ4n) is 2.52. The second-order valence-corrected chi connectivity index (χ2v) is 5.52. The Morgan fingerprint density at radius 3 is 2.62 bits per heavy atom. The number of hydrogen-bond acceptors (Lipinski definition) is 5. The average molecular weight is 351 g/mol. The van der Waals surface area contributed by atoms with Crippen molar-refractivity contribution in [3.63, 3.8) is 0 Å². The summed E-state index contributed by atoms with van der Waals surface area (Å²) in [7, 11) is 1.52. The van der Waals surface area contributed by atoms with Gasteiger partial charge in [-0.25, -0.2) is 4.99 Å². The van der Waals surface area contributed by atoms with Crippen LogP contribution in [0, 0.1) is 0 Å². The summed E-state index contributed by atoms with van der Waals surface area (Å²) in [4.78, 5) is 27.7. The van der Waals surface area contributed by atoms with Crippen LogP contribution in [0.5, 0.6) is 5.75 Å². The molecular weight excluding hydrogens is 334 g/mol. The Morgan fingerprint density at radius 2 is 1.92 bits per heavy atom. The van der Waals surface area contributed by atoms with E-state index in [1.165, 1.54) is 14.0 Å². The second kappa shape index (κ2) is 7.10. The number of para-hydroxylation sites is 3. The molecule has 7 nitrogen and oxygen atoms in total. The SMILES string of the molecule is COc1cccc2cc(C(N)=O)c(=Nc3ccccc3NC(C)=O)oc12. The van der Waals surface area contributed by atoms with Gasteiger partial charge in [0.1, 0.15) is 5.56 Å². The third kappa shape index (κ3) is 3.41. The normalized spacial score (nSPS) is 11.4. The number of benzene rings is 2. The molecule has 0 spiro atoms. The van der Waals surface area contributed by atoms with Crippen molar-refractivity contribution in [2.75, 3.05) is 12.4 Å². The van der Waals surface area contributed by atoms with Crippen LogP contribution in [0.3, 0.4) is 0 Å². The number of carbonyl (C=O) groups is 2. The summed E-state index contributed by atoms with van der Waals surface area (Å²) in [6.07, 6.45) is 0. The van der Waals surface area contributed by atoms with Gasteiger partial charge >= 0.3 is 0 Å². The first-order chi connectivity index (χ1) is 12.5. The van der Waals surface area contributed by atoms with Crippen LogP contribution in [0.25, 0.3) is 11.0 Å². The zero-order chi connectivity index (χ0) is 18.7. The molecule has 2 amide bonds. The number of nitrogens with one attached hydrogen (secondary N) is 1. The van der Waals surface area contributed by atoms with Gasteiger partial charge in [0.25, 0.3) is 5.91 Å². The summed E-state index contributed by atoms with van der Waals surface area (Å²) >= 11 is 0. The third-order valence-corrected chi connectivity index (χ3v) is 3.66. The first kappa shape index (κ1) is 17.2. The number of ether oxygens (including phenoxy) is 1. The number of methoxy groups -OCH3 is 1. The highest BCUT2D eigenvalue weighted by Gasteiger charge is 2.13. The predicted molar refractivity (Wildman–Crippen MR) is 97.3 cm³/mol. The summed E-state index contributed by atoms with van der Waals surface area (Å²) in [6, 6.07) is 13.8. The standard InChI is InChI=1S/C19H17N3O4/c1-11(23)21-14-7-3-4-8-15(14)22-19-13(18(20)24)10-12-6-5-9-16(25-2)17(12)26-19/h3-10H,1-2H3,(H2,20,24)(H,21,23). The van der Waals surface area contributed by atoms with Crippen LogP contribution in [0.4, 0.5) is 11.4 Å². The van der Waals surface area contributed by atoms with Gasteiger partial charge in [0, 0.05) is 12.3 Å². The molecule has 1 aromatic heterocycles. The summed E-state index contributed by atoms with van der Waals surface area (Å²) in [6.45, 7) is 1.40. The average Bonchev–Trinajstić information content (AvgIpc) is 2.61. The number of nitrogens with two attached hydrogens (primary N) is 1. The van der Waals surface area contributed by atoms with Gasteiger partial charge in [0.05, 0.1) is 18.5 Å². The predicted octanol–water partition coefficient (Wildman–Crippen LogP) is 2.73. The zero-order valence-electron chi connectivity index (χ0n) is 14.3. The summed E-state index contributed by atoms with van der Waals surface area (Å²) in [5.74, 6) is -0.403. The molecule has 0 saturated carbocycles. The van der Waals surface area contributed by atoms with Crippen LogP contribution in [-0.2, 0) is 4.79 Å². The molecule has 3 rings (SSSR count). The molecule has 132 valence electrons. The molecule has 3 aromatic rings. The molecule has 2 aromatic carbocycles. The molecule has 0 saturated heterocycles.